The first-order chi connectivity index (χ1) is 8.72. The molecule has 1 saturated carbocycles. The van der Waals surface area contributed by atoms with Gasteiger partial charge in [-0.15, -0.1) is 0 Å². The standard InChI is InChI=1S/C16H26N2/c1-3-18(15-9-5-6-10-15)16-11-7-4-8-14(16)12-13(2)17/h4,7-8,11,13,15H,3,5-6,9-10,12,17H2,1-2H3. The zero-order valence-electron chi connectivity index (χ0n) is 11.7. The molecule has 0 aliphatic heterocycles. The second-order valence-electron chi connectivity index (χ2n) is 5.53. The fourth-order valence-electron chi connectivity index (χ4n) is 3.15. The summed E-state index contributed by atoms with van der Waals surface area (Å²) in [6, 6.07) is 9.75. The molecular weight excluding hydrogens is 220 g/mol. The molecule has 1 unspecified atom stereocenters. The van der Waals surface area contributed by atoms with E-state index in [1.807, 2.05) is 0 Å². The lowest BCUT2D eigenvalue weighted by molar-refractivity contribution is 0.614. The molecule has 0 heterocycles. The molecule has 0 bridgehead atoms. The maximum absolute atomic E-state index is 5.97. The van der Waals surface area contributed by atoms with Crippen molar-refractivity contribution in [3.63, 3.8) is 0 Å². The predicted octanol–water partition coefficient (Wildman–Crippen LogP) is 3.35. The highest BCUT2D eigenvalue weighted by molar-refractivity contribution is 5.54. The van der Waals surface area contributed by atoms with Gasteiger partial charge in [0.2, 0.25) is 0 Å². The molecule has 1 fully saturated rings. The van der Waals surface area contributed by atoms with Crippen LogP contribution in [-0.4, -0.2) is 18.6 Å². The maximum atomic E-state index is 5.97. The third-order valence-electron chi connectivity index (χ3n) is 3.95. The fourth-order valence-corrected chi connectivity index (χ4v) is 3.15. The van der Waals surface area contributed by atoms with E-state index in [4.69, 9.17) is 5.73 Å². The van der Waals surface area contributed by atoms with Crippen molar-refractivity contribution in [3.05, 3.63) is 29.8 Å². The normalized spacial score (nSPS) is 17.9. The van der Waals surface area contributed by atoms with Gasteiger partial charge in [-0.2, -0.15) is 0 Å². The number of anilines is 1. The molecule has 2 rings (SSSR count). The van der Waals surface area contributed by atoms with Gasteiger partial charge in [0.25, 0.3) is 0 Å². The molecule has 1 atom stereocenters. The third kappa shape index (κ3) is 3.05. The van der Waals surface area contributed by atoms with E-state index in [0.717, 1.165) is 19.0 Å². The van der Waals surface area contributed by atoms with E-state index in [2.05, 4.69) is 43.0 Å². The average Bonchev–Trinajstić information content (AvgIpc) is 2.85. The van der Waals surface area contributed by atoms with E-state index in [-0.39, 0.29) is 6.04 Å². The van der Waals surface area contributed by atoms with Crippen molar-refractivity contribution in [2.45, 2.75) is 58.0 Å². The van der Waals surface area contributed by atoms with E-state index < -0.39 is 0 Å². The number of nitrogens with zero attached hydrogens (tertiary/aromatic N) is 1. The van der Waals surface area contributed by atoms with Gasteiger partial charge in [-0.1, -0.05) is 31.0 Å². The summed E-state index contributed by atoms with van der Waals surface area (Å²) in [7, 11) is 0. The smallest absolute Gasteiger partial charge is 0.0401 e. The number of rotatable bonds is 5. The topological polar surface area (TPSA) is 29.3 Å². The first-order valence-corrected chi connectivity index (χ1v) is 7.32. The summed E-state index contributed by atoms with van der Waals surface area (Å²) in [5, 5.41) is 0. The first-order valence-electron chi connectivity index (χ1n) is 7.32. The second-order valence-corrected chi connectivity index (χ2v) is 5.53. The molecule has 0 amide bonds. The molecule has 1 aromatic rings. The molecule has 2 heteroatoms. The minimum atomic E-state index is 0.230. The van der Waals surface area contributed by atoms with Crippen LogP contribution in [0.4, 0.5) is 5.69 Å². The Kier molecular flexibility index (Phi) is 4.65. The summed E-state index contributed by atoms with van der Waals surface area (Å²) in [5.74, 6) is 0. The number of hydrogen-bond acceptors (Lipinski definition) is 2. The molecule has 1 aliphatic rings. The second kappa shape index (κ2) is 6.24. The Labute approximate surface area is 111 Å². The van der Waals surface area contributed by atoms with Crippen molar-refractivity contribution < 1.29 is 0 Å². The van der Waals surface area contributed by atoms with Crippen molar-refractivity contribution in [3.8, 4) is 0 Å². The Morgan fingerprint density at radius 3 is 2.56 bits per heavy atom. The number of benzene rings is 1. The van der Waals surface area contributed by atoms with Gasteiger partial charge in [0, 0.05) is 24.3 Å². The first kappa shape index (κ1) is 13.4. The van der Waals surface area contributed by atoms with Gasteiger partial charge in [0.15, 0.2) is 0 Å². The summed E-state index contributed by atoms with van der Waals surface area (Å²) in [6.07, 6.45) is 6.44. The molecule has 0 spiro atoms. The van der Waals surface area contributed by atoms with E-state index >= 15 is 0 Å². The van der Waals surface area contributed by atoms with Crippen molar-refractivity contribution in [2.75, 3.05) is 11.4 Å². The van der Waals surface area contributed by atoms with Crippen LogP contribution in [0.25, 0.3) is 0 Å². The van der Waals surface area contributed by atoms with Crippen molar-refractivity contribution in [1.82, 2.24) is 0 Å². The van der Waals surface area contributed by atoms with Crippen molar-refractivity contribution >= 4 is 5.69 Å². The zero-order valence-corrected chi connectivity index (χ0v) is 11.7. The van der Waals surface area contributed by atoms with E-state index in [1.54, 1.807) is 0 Å². The molecule has 0 saturated heterocycles. The van der Waals surface area contributed by atoms with Crippen LogP contribution >= 0.6 is 0 Å². The van der Waals surface area contributed by atoms with Crippen molar-refractivity contribution in [1.29, 1.82) is 0 Å². The van der Waals surface area contributed by atoms with Gasteiger partial charge in [-0.25, -0.2) is 0 Å². The molecule has 1 aliphatic carbocycles. The molecule has 100 valence electrons. The zero-order chi connectivity index (χ0) is 13.0. The Balaban J connectivity index is 2.23. The summed E-state index contributed by atoms with van der Waals surface area (Å²) < 4.78 is 0. The molecule has 18 heavy (non-hydrogen) atoms. The van der Waals surface area contributed by atoms with E-state index in [0.29, 0.717) is 0 Å². The van der Waals surface area contributed by atoms with Crippen molar-refractivity contribution in [2.24, 2.45) is 5.73 Å². The Hall–Kier alpha value is -1.02. The highest BCUT2D eigenvalue weighted by atomic mass is 15.2. The minimum Gasteiger partial charge on any atom is -0.369 e. The van der Waals surface area contributed by atoms with E-state index in [1.165, 1.54) is 36.9 Å². The van der Waals surface area contributed by atoms with E-state index in [9.17, 15) is 0 Å². The molecule has 0 radical (unpaired) electrons. The molecule has 1 aromatic carbocycles. The highest BCUT2D eigenvalue weighted by Crippen LogP contribution is 2.30. The van der Waals surface area contributed by atoms with Crippen LogP contribution in [0.5, 0.6) is 0 Å². The molecular formula is C16H26N2. The monoisotopic (exact) mass is 246 g/mol. The van der Waals surface area contributed by atoms with Crippen LogP contribution < -0.4 is 10.6 Å². The lowest BCUT2D eigenvalue weighted by Gasteiger charge is -2.32. The third-order valence-corrected chi connectivity index (χ3v) is 3.95. The number of hydrogen-bond donors (Lipinski definition) is 1. The summed E-state index contributed by atoms with van der Waals surface area (Å²) >= 11 is 0. The molecule has 0 aromatic heterocycles. The van der Waals surface area contributed by atoms with Gasteiger partial charge < -0.3 is 10.6 Å². The van der Waals surface area contributed by atoms with Crippen LogP contribution in [-0.2, 0) is 6.42 Å². The Morgan fingerprint density at radius 1 is 1.28 bits per heavy atom. The predicted molar refractivity (Wildman–Crippen MR) is 79.1 cm³/mol. The van der Waals surface area contributed by atoms with Crippen LogP contribution in [0.2, 0.25) is 0 Å². The van der Waals surface area contributed by atoms with Crippen LogP contribution in [0, 0.1) is 0 Å². The highest BCUT2D eigenvalue weighted by Gasteiger charge is 2.23. The minimum absolute atomic E-state index is 0.230. The Bertz CT molecular complexity index is 367. The lowest BCUT2D eigenvalue weighted by atomic mass is 10.0. The summed E-state index contributed by atoms with van der Waals surface area (Å²) in [6.45, 7) is 5.45. The van der Waals surface area contributed by atoms with Gasteiger partial charge in [-0.3, -0.25) is 0 Å². The van der Waals surface area contributed by atoms with Gasteiger partial charge in [0.05, 0.1) is 0 Å². The van der Waals surface area contributed by atoms with Gasteiger partial charge in [-0.05, 0) is 44.7 Å². The van der Waals surface area contributed by atoms with Crippen LogP contribution in [0.15, 0.2) is 24.3 Å². The molecule has 2 N–H and O–H groups in total. The largest absolute Gasteiger partial charge is 0.369 e. The fraction of sp³-hybridized carbons (Fsp3) is 0.625. The van der Waals surface area contributed by atoms with Gasteiger partial charge >= 0.3 is 0 Å². The quantitative estimate of drug-likeness (QED) is 0.863. The Morgan fingerprint density at radius 2 is 1.94 bits per heavy atom. The van der Waals surface area contributed by atoms with Crippen LogP contribution in [0.1, 0.15) is 45.1 Å². The molecule has 2 nitrogen and oxygen atoms in total. The van der Waals surface area contributed by atoms with Crippen LogP contribution in [0.3, 0.4) is 0 Å². The SMILES string of the molecule is CCN(c1ccccc1CC(C)N)C1CCCC1. The number of nitrogens with two attached hydrogens (primary N) is 1. The maximum Gasteiger partial charge on any atom is 0.0401 e. The summed E-state index contributed by atoms with van der Waals surface area (Å²) in [4.78, 5) is 2.59. The average molecular weight is 246 g/mol. The number of para-hydroxylation sites is 1. The van der Waals surface area contributed by atoms with Gasteiger partial charge in [0.1, 0.15) is 0 Å². The lowest BCUT2D eigenvalue weighted by Crippen LogP contribution is -2.34. The summed E-state index contributed by atoms with van der Waals surface area (Å²) in [5.41, 5.74) is 8.78.